The molecular weight excluding hydrogens is 521 g/mol. The summed E-state index contributed by atoms with van der Waals surface area (Å²) in [4.78, 5) is 24.5. The molecule has 0 saturated carbocycles. The first-order valence-electron chi connectivity index (χ1n) is 11.6. The number of nitrogens with one attached hydrogen (secondary N) is 1. The Morgan fingerprint density at radius 1 is 1.14 bits per heavy atom. The van der Waals surface area contributed by atoms with Crippen LogP contribution >= 0.6 is 34.8 Å². The van der Waals surface area contributed by atoms with Crippen LogP contribution in [-0.2, 0) is 20.9 Å². The maximum Gasteiger partial charge on any atom is 0.331 e. The van der Waals surface area contributed by atoms with Crippen molar-refractivity contribution >= 4 is 52.8 Å². The highest BCUT2D eigenvalue weighted by molar-refractivity contribution is 6.35. The number of hydrogen-bond acceptors (Lipinski definition) is 4. The lowest BCUT2D eigenvalue weighted by Crippen LogP contribution is -2.32. The number of amides is 1. The fraction of sp³-hybridized carbons (Fsp3) is 0.296. The second-order valence-corrected chi connectivity index (χ2v) is 9.53. The van der Waals surface area contributed by atoms with Gasteiger partial charge in [0.25, 0.3) is 5.91 Å². The van der Waals surface area contributed by atoms with Crippen LogP contribution in [-0.4, -0.2) is 34.8 Å². The minimum atomic E-state index is -0.651. The second kappa shape index (κ2) is 13.5. The Morgan fingerprint density at radius 2 is 1.89 bits per heavy atom. The third kappa shape index (κ3) is 7.85. The first-order chi connectivity index (χ1) is 17.3. The number of ether oxygens (including phenoxy) is 1. The van der Waals surface area contributed by atoms with Gasteiger partial charge in [0.1, 0.15) is 5.15 Å². The van der Waals surface area contributed by atoms with Crippen LogP contribution in [0.3, 0.4) is 0 Å². The van der Waals surface area contributed by atoms with Gasteiger partial charge in [0, 0.05) is 34.1 Å². The van der Waals surface area contributed by atoms with E-state index in [0.717, 1.165) is 24.0 Å². The summed E-state index contributed by atoms with van der Waals surface area (Å²) in [5, 5.41) is 8.80. The number of nitrogens with zero attached hydrogens (tertiary/aromatic N) is 2. The molecule has 0 aliphatic heterocycles. The molecule has 1 aromatic heterocycles. The number of aromatic nitrogens is 2. The van der Waals surface area contributed by atoms with Gasteiger partial charge in [-0.15, -0.1) is 0 Å². The number of halogens is 3. The van der Waals surface area contributed by atoms with Crippen LogP contribution in [0.2, 0.25) is 15.2 Å². The molecule has 0 aliphatic carbocycles. The Kier molecular flexibility index (Phi) is 10.4. The van der Waals surface area contributed by atoms with E-state index in [1.54, 1.807) is 22.9 Å². The fourth-order valence-electron chi connectivity index (χ4n) is 3.79. The normalized spacial score (nSPS) is 12.0. The Labute approximate surface area is 226 Å². The molecule has 1 heterocycles. The summed E-state index contributed by atoms with van der Waals surface area (Å²) in [6.45, 7) is 4.37. The fourth-order valence-corrected chi connectivity index (χ4v) is 4.65. The maximum absolute atomic E-state index is 12.3. The van der Waals surface area contributed by atoms with E-state index in [1.165, 1.54) is 6.08 Å². The molecule has 0 aliphatic rings. The van der Waals surface area contributed by atoms with Gasteiger partial charge in [-0.1, -0.05) is 84.5 Å². The van der Waals surface area contributed by atoms with Gasteiger partial charge in [-0.25, -0.2) is 9.48 Å². The van der Waals surface area contributed by atoms with Gasteiger partial charge >= 0.3 is 5.97 Å². The van der Waals surface area contributed by atoms with Crippen molar-refractivity contribution in [2.24, 2.45) is 0 Å². The van der Waals surface area contributed by atoms with Crippen molar-refractivity contribution in [3.8, 4) is 0 Å². The molecule has 0 spiro atoms. The highest BCUT2D eigenvalue weighted by Gasteiger charge is 2.17. The van der Waals surface area contributed by atoms with Crippen molar-refractivity contribution in [3.63, 3.8) is 0 Å². The van der Waals surface area contributed by atoms with Gasteiger partial charge < -0.3 is 10.1 Å². The lowest BCUT2D eigenvalue weighted by atomic mass is 9.94. The summed E-state index contributed by atoms with van der Waals surface area (Å²) in [5.41, 5.74) is 3.28. The van der Waals surface area contributed by atoms with Crippen molar-refractivity contribution in [2.75, 3.05) is 13.2 Å². The molecule has 3 aromatic rings. The van der Waals surface area contributed by atoms with E-state index in [1.807, 2.05) is 43.3 Å². The number of esters is 1. The average molecular weight is 549 g/mol. The summed E-state index contributed by atoms with van der Waals surface area (Å²) in [6, 6.07) is 15.2. The maximum atomic E-state index is 12.3. The summed E-state index contributed by atoms with van der Waals surface area (Å²) in [5.74, 6) is -1.02. The van der Waals surface area contributed by atoms with E-state index >= 15 is 0 Å². The summed E-state index contributed by atoms with van der Waals surface area (Å²) >= 11 is 18.8. The highest BCUT2D eigenvalue weighted by atomic mass is 35.5. The van der Waals surface area contributed by atoms with Crippen molar-refractivity contribution in [1.29, 1.82) is 0 Å². The molecule has 36 heavy (non-hydrogen) atoms. The Bertz CT molecular complexity index is 1230. The molecule has 0 bridgehead atoms. The third-order valence-electron chi connectivity index (χ3n) is 5.60. The first-order valence-corrected chi connectivity index (χ1v) is 12.7. The lowest BCUT2D eigenvalue weighted by molar-refractivity contribution is -0.143. The van der Waals surface area contributed by atoms with Crippen LogP contribution in [0.15, 0.2) is 54.6 Å². The molecule has 0 unspecified atom stereocenters. The van der Waals surface area contributed by atoms with Crippen molar-refractivity contribution in [3.05, 3.63) is 92.2 Å². The van der Waals surface area contributed by atoms with Gasteiger partial charge in [0.05, 0.1) is 12.2 Å². The Morgan fingerprint density at radius 3 is 2.58 bits per heavy atom. The van der Waals surface area contributed by atoms with Crippen molar-refractivity contribution < 1.29 is 14.3 Å². The largest absolute Gasteiger partial charge is 0.452 e. The minimum absolute atomic E-state index is 0.0249. The molecule has 9 heteroatoms. The average Bonchev–Trinajstić information content (AvgIpc) is 3.11. The molecule has 1 N–H and O–H groups in total. The van der Waals surface area contributed by atoms with E-state index in [2.05, 4.69) is 17.3 Å². The molecule has 190 valence electrons. The third-order valence-corrected chi connectivity index (χ3v) is 6.56. The number of carbonyl (C=O) groups excluding carboxylic acids is 2. The zero-order valence-corrected chi connectivity index (χ0v) is 22.4. The number of aryl methyl sites for hydroxylation is 1. The van der Waals surface area contributed by atoms with Gasteiger partial charge in [-0.2, -0.15) is 5.10 Å². The molecule has 1 amide bonds. The first kappa shape index (κ1) is 27.8. The molecule has 0 fully saturated rings. The molecule has 0 saturated heterocycles. The zero-order chi connectivity index (χ0) is 26.1. The summed E-state index contributed by atoms with van der Waals surface area (Å²) in [6.07, 6.45) is 4.54. The minimum Gasteiger partial charge on any atom is -0.452 e. The Hall–Kier alpha value is -2.80. The zero-order valence-electron chi connectivity index (χ0n) is 20.1. The predicted molar refractivity (Wildman–Crippen MR) is 145 cm³/mol. The number of carbonyl (C=O) groups is 2. The molecular formula is C27H28Cl3N3O3. The van der Waals surface area contributed by atoms with E-state index < -0.39 is 18.5 Å². The topological polar surface area (TPSA) is 73.2 Å². The summed E-state index contributed by atoms with van der Waals surface area (Å²) < 4.78 is 6.76. The van der Waals surface area contributed by atoms with Crippen LogP contribution in [0, 0.1) is 6.92 Å². The van der Waals surface area contributed by atoms with Crippen molar-refractivity contribution in [2.45, 2.75) is 39.2 Å². The predicted octanol–water partition coefficient (Wildman–Crippen LogP) is 6.46. The van der Waals surface area contributed by atoms with Crippen molar-refractivity contribution in [1.82, 2.24) is 15.1 Å². The van der Waals surface area contributed by atoms with Gasteiger partial charge in [-0.3, -0.25) is 4.79 Å². The van der Waals surface area contributed by atoms with E-state index in [4.69, 9.17) is 39.5 Å². The number of hydrogen-bond donors (Lipinski definition) is 1. The molecule has 0 radical (unpaired) electrons. The lowest BCUT2D eigenvalue weighted by Gasteiger charge is -2.19. The Balaban J connectivity index is 1.52. The molecule has 3 rings (SSSR count). The van der Waals surface area contributed by atoms with Gasteiger partial charge in [0.15, 0.2) is 6.61 Å². The van der Waals surface area contributed by atoms with E-state index in [-0.39, 0.29) is 5.92 Å². The number of rotatable bonds is 11. The van der Waals surface area contributed by atoms with Crippen LogP contribution in [0.5, 0.6) is 0 Å². The molecule has 1 atom stereocenters. The van der Waals surface area contributed by atoms with E-state index in [9.17, 15) is 9.59 Å². The summed E-state index contributed by atoms with van der Waals surface area (Å²) in [7, 11) is 0. The van der Waals surface area contributed by atoms with Crippen LogP contribution in [0.1, 0.15) is 48.1 Å². The van der Waals surface area contributed by atoms with Gasteiger partial charge in [0.2, 0.25) is 0 Å². The van der Waals surface area contributed by atoms with Crippen LogP contribution in [0.25, 0.3) is 6.08 Å². The van der Waals surface area contributed by atoms with Gasteiger partial charge in [-0.05, 0) is 42.7 Å². The number of benzene rings is 2. The smallest absolute Gasteiger partial charge is 0.331 e. The molecule has 2 aromatic carbocycles. The molecule has 6 nitrogen and oxygen atoms in total. The van der Waals surface area contributed by atoms with Crippen LogP contribution < -0.4 is 5.32 Å². The standard InChI is InChI=1S/C27H28Cl3N3O3/c1-3-7-20(23-11-10-21(28)14-24(23)29)15-31-25(34)17-36-26(35)13-12-22-18(2)32-33(27(22)30)16-19-8-5-4-6-9-19/h4-6,8-14,20H,3,7,15-17H2,1-2H3,(H,31,34)/b13-12+/t20-/m0/s1. The quantitative estimate of drug-likeness (QED) is 0.221. The second-order valence-electron chi connectivity index (χ2n) is 8.33. The van der Waals surface area contributed by atoms with Crippen LogP contribution in [0.4, 0.5) is 0 Å². The SMILES string of the molecule is CCC[C@@H](CNC(=O)COC(=O)/C=C/c1c(C)nn(Cc2ccccc2)c1Cl)c1ccc(Cl)cc1Cl. The van der Waals surface area contributed by atoms with E-state index in [0.29, 0.717) is 39.5 Å². The monoisotopic (exact) mass is 547 g/mol. The highest BCUT2D eigenvalue weighted by Crippen LogP contribution is 2.30.